The van der Waals surface area contributed by atoms with Crippen LogP contribution in [-0.2, 0) is 0 Å². The summed E-state index contributed by atoms with van der Waals surface area (Å²) in [6.07, 6.45) is 1.74. The molecule has 0 saturated heterocycles. The first kappa shape index (κ1) is 11.3. The Morgan fingerprint density at radius 1 is 1.44 bits per heavy atom. The van der Waals surface area contributed by atoms with Gasteiger partial charge in [0.2, 0.25) is 0 Å². The van der Waals surface area contributed by atoms with E-state index in [-0.39, 0.29) is 11.6 Å². The number of aromatic nitrogens is 2. The third kappa shape index (κ3) is 2.15. The number of hydrogen-bond donors (Lipinski definition) is 1. The molecular formula is C11H12N2OS2. The SMILES string of the molecule is Cc1ccc(C(C)n2ccc(=O)[nH]c2=S)s1. The highest BCUT2D eigenvalue weighted by Gasteiger charge is 2.09. The zero-order chi connectivity index (χ0) is 11.7. The lowest BCUT2D eigenvalue weighted by atomic mass is 10.2. The molecule has 1 atom stereocenters. The molecule has 0 amide bonds. The van der Waals surface area contributed by atoms with Crippen LogP contribution < -0.4 is 5.56 Å². The van der Waals surface area contributed by atoms with Crippen molar-refractivity contribution in [1.82, 2.24) is 9.55 Å². The van der Waals surface area contributed by atoms with Crippen molar-refractivity contribution in [2.24, 2.45) is 0 Å². The fraction of sp³-hybridized carbons (Fsp3) is 0.273. The van der Waals surface area contributed by atoms with Crippen LogP contribution in [0.25, 0.3) is 0 Å². The quantitative estimate of drug-likeness (QED) is 0.835. The van der Waals surface area contributed by atoms with E-state index in [1.807, 2.05) is 4.57 Å². The molecule has 0 aliphatic rings. The van der Waals surface area contributed by atoms with E-state index in [1.165, 1.54) is 15.8 Å². The average molecular weight is 252 g/mol. The van der Waals surface area contributed by atoms with Crippen LogP contribution in [0.4, 0.5) is 0 Å². The summed E-state index contributed by atoms with van der Waals surface area (Å²) in [7, 11) is 0. The van der Waals surface area contributed by atoms with Gasteiger partial charge in [0.25, 0.3) is 5.56 Å². The molecule has 16 heavy (non-hydrogen) atoms. The molecule has 0 aromatic carbocycles. The summed E-state index contributed by atoms with van der Waals surface area (Å²) in [4.78, 5) is 16.2. The minimum atomic E-state index is -0.157. The maximum Gasteiger partial charge on any atom is 0.251 e. The van der Waals surface area contributed by atoms with Gasteiger partial charge in [0, 0.05) is 22.0 Å². The highest BCUT2D eigenvalue weighted by atomic mass is 32.1. The van der Waals surface area contributed by atoms with Crippen LogP contribution in [0, 0.1) is 11.7 Å². The van der Waals surface area contributed by atoms with Crippen LogP contribution in [-0.4, -0.2) is 9.55 Å². The van der Waals surface area contributed by atoms with Gasteiger partial charge in [0.15, 0.2) is 4.77 Å². The van der Waals surface area contributed by atoms with Gasteiger partial charge in [0.05, 0.1) is 6.04 Å². The number of hydrogen-bond acceptors (Lipinski definition) is 3. The number of thiophene rings is 1. The minimum Gasteiger partial charge on any atom is -0.317 e. The fourth-order valence-corrected chi connectivity index (χ4v) is 2.79. The summed E-state index contributed by atoms with van der Waals surface area (Å²) in [6.45, 7) is 4.15. The minimum absolute atomic E-state index is 0.156. The van der Waals surface area contributed by atoms with Crippen molar-refractivity contribution in [1.29, 1.82) is 0 Å². The largest absolute Gasteiger partial charge is 0.317 e. The summed E-state index contributed by atoms with van der Waals surface area (Å²) < 4.78 is 2.35. The average Bonchev–Trinajstić information content (AvgIpc) is 2.64. The molecule has 2 aromatic rings. The molecule has 2 heterocycles. The Labute approximate surface area is 102 Å². The number of aryl methyl sites for hydroxylation is 1. The molecule has 0 fully saturated rings. The van der Waals surface area contributed by atoms with Gasteiger partial charge in [-0.3, -0.25) is 9.78 Å². The molecule has 5 heteroatoms. The topological polar surface area (TPSA) is 37.8 Å². The Hall–Kier alpha value is -1.20. The zero-order valence-corrected chi connectivity index (χ0v) is 10.7. The highest BCUT2D eigenvalue weighted by molar-refractivity contribution is 7.71. The molecule has 2 rings (SSSR count). The Morgan fingerprint density at radius 3 is 2.75 bits per heavy atom. The lowest BCUT2D eigenvalue weighted by Crippen LogP contribution is -2.14. The van der Waals surface area contributed by atoms with Crippen LogP contribution in [0.5, 0.6) is 0 Å². The fourth-order valence-electron chi connectivity index (χ4n) is 1.55. The van der Waals surface area contributed by atoms with Gasteiger partial charge in [-0.1, -0.05) is 0 Å². The monoisotopic (exact) mass is 252 g/mol. The number of rotatable bonds is 2. The molecule has 3 nitrogen and oxygen atoms in total. The Morgan fingerprint density at radius 2 is 2.19 bits per heavy atom. The lowest BCUT2D eigenvalue weighted by molar-refractivity contribution is 0.619. The molecule has 0 spiro atoms. The number of nitrogens with zero attached hydrogens (tertiary/aromatic N) is 1. The summed E-state index contributed by atoms with van der Waals surface area (Å²) in [5.41, 5.74) is -0.157. The zero-order valence-electron chi connectivity index (χ0n) is 9.06. The standard InChI is InChI=1S/C11H12N2OS2/c1-7-3-4-9(16-7)8(2)13-6-5-10(14)12-11(13)15/h3-6,8H,1-2H3,(H,12,14,15). The van der Waals surface area contributed by atoms with Crippen LogP contribution in [0.15, 0.2) is 29.2 Å². The number of nitrogens with one attached hydrogen (secondary N) is 1. The van der Waals surface area contributed by atoms with Crippen LogP contribution in [0.2, 0.25) is 0 Å². The first-order valence-electron chi connectivity index (χ1n) is 4.96. The van der Waals surface area contributed by atoms with E-state index < -0.39 is 0 Å². The van der Waals surface area contributed by atoms with E-state index in [0.29, 0.717) is 4.77 Å². The summed E-state index contributed by atoms with van der Waals surface area (Å²) in [5, 5.41) is 0. The van der Waals surface area contributed by atoms with Crippen molar-refractivity contribution in [2.75, 3.05) is 0 Å². The highest BCUT2D eigenvalue weighted by Crippen LogP contribution is 2.25. The van der Waals surface area contributed by atoms with Gasteiger partial charge in [-0.15, -0.1) is 11.3 Å². The first-order valence-corrected chi connectivity index (χ1v) is 6.18. The predicted molar refractivity (Wildman–Crippen MR) is 68.8 cm³/mol. The van der Waals surface area contributed by atoms with Crippen molar-refractivity contribution in [2.45, 2.75) is 19.9 Å². The molecule has 0 saturated carbocycles. The molecule has 2 aromatic heterocycles. The number of H-pyrrole nitrogens is 1. The van der Waals surface area contributed by atoms with Gasteiger partial charge in [-0.05, 0) is 38.2 Å². The van der Waals surface area contributed by atoms with Crippen molar-refractivity contribution >= 4 is 23.6 Å². The molecule has 0 radical (unpaired) electrons. The summed E-state index contributed by atoms with van der Waals surface area (Å²) in [6, 6.07) is 5.83. The molecule has 1 unspecified atom stereocenters. The first-order chi connectivity index (χ1) is 7.58. The van der Waals surface area contributed by atoms with Crippen molar-refractivity contribution in [3.63, 3.8) is 0 Å². The van der Waals surface area contributed by atoms with Gasteiger partial charge in [0.1, 0.15) is 0 Å². The van der Waals surface area contributed by atoms with Gasteiger partial charge < -0.3 is 4.57 Å². The Kier molecular flexibility index (Phi) is 3.07. The molecule has 84 valence electrons. The second-order valence-corrected chi connectivity index (χ2v) is 5.35. The normalized spacial score (nSPS) is 12.6. The van der Waals surface area contributed by atoms with E-state index in [4.69, 9.17) is 12.2 Å². The van der Waals surface area contributed by atoms with E-state index in [0.717, 1.165) is 0 Å². The third-order valence-corrected chi connectivity index (χ3v) is 3.93. The van der Waals surface area contributed by atoms with E-state index in [9.17, 15) is 4.79 Å². The van der Waals surface area contributed by atoms with E-state index in [1.54, 1.807) is 17.5 Å². The van der Waals surface area contributed by atoms with E-state index >= 15 is 0 Å². The smallest absolute Gasteiger partial charge is 0.251 e. The second-order valence-electron chi connectivity index (χ2n) is 3.64. The van der Waals surface area contributed by atoms with Gasteiger partial charge >= 0.3 is 0 Å². The molecule has 0 aliphatic heterocycles. The third-order valence-electron chi connectivity index (χ3n) is 2.44. The van der Waals surface area contributed by atoms with Crippen molar-refractivity contribution < 1.29 is 0 Å². The van der Waals surface area contributed by atoms with Crippen LogP contribution in [0.3, 0.4) is 0 Å². The maximum atomic E-state index is 11.1. The predicted octanol–water partition coefficient (Wildman–Crippen LogP) is 2.89. The molecule has 0 bridgehead atoms. The van der Waals surface area contributed by atoms with Crippen LogP contribution >= 0.6 is 23.6 Å². The summed E-state index contributed by atoms with van der Waals surface area (Å²) in [5.74, 6) is 0. The van der Waals surface area contributed by atoms with Crippen molar-refractivity contribution in [3.8, 4) is 0 Å². The lowest BCUT2D eigenvalue weighted by Gasteiger charge is -2.13. The maximum absolute atomic E-state index is 11.1. The number of aromatic amines is 1. The Bertz CT molecular complexity index is 609. The molecular weight excluding hydrogens is 240 g/mol. The molecule has 1 N–H and O–H groups in total. The Balaban J connectivity index is 2.45. The van der Waals surface area contributed by atoms with E-state index in [2.05, 4.69) is 31.0 Å². The van der Waals surface area contributed by atoms with Gasteiger partial charge in [-0.25, -0.2) is 0 Å². The van der Waals surface area contributed by atoms with Crippen LogP contribution in [0.1, 0.15) is 22.7 Å². The second kappa shape index (κ2) is 4.35. The van der Waals surface area contributed by atoms with Crippen molar-refractivity contribution in [3.05, 3.63) is 49.3 Å². The summed E-state index contributed by atoms with van der Waals surface area (Å²) >= 11 is 6.88. The van der Waals surface area contributed by atoms with Gasteiger partial charge in [-0.2, -0.15) is 0 Å². The molecule has 0 aliphatic carbocycles.